The lowest BCUT2D eigenvalue weighted by molar-refractivity contribution is -0.113. The molecule has 0 heterocycles. The lowest BCUT2D eigenvalue weighted by Gasteiger charge is -1.69. The number of amides is 1. The first-order chi connectivity index (χ1) is 3.27. The molecule has 0 aliphatic carbocycles. The average molecular weight is 96.1 g/mol. The standard InChI is InChI=1S/C4H4N2O/c1-6-3-2-4(5)7/h2-3H,(H2,5,7). The van der Waals surface area contributed by atoms with E-state index in [0.717, 1.165) is 12.3 Å². The molecule has 0 rings (SSSR count). The van der Waals surface area contributed by atoms with Gasteiger partial charge in [0.15, 0.2) is 6.20 Å². The number of nitrogens with zero attached hydrogens (tertiary/aromatic N) is 1. The lowest BCUT2D eigenvalue weighted by atomic mass is 10.6. The van der Waals surface area contributed by atoms with Gasteiger partial charge in [-0.3, -0.25) is 4.79 Å². The van der Waals surface area contributed by atoms with E-state index in [4.69, 9.17) is 6.57 Å². The Morgan fingerprint density at radius 2 is 2.43 bits per heavy atom. The molecule has 0 bridgehead atoms. The maximum Gasteiger partial charge on any atom is 0.230 e. The Kier molecular flexibility index (Phi) is 2.37. The van der Waals surface area contributed by atoms with Crippen molar-refractivity contribution in [1.29, 1.82) is 0 Å². The Morgan fingerprint density at radius 3 is 2.57 bits per heavy atom. The van der Waals surface area contributed by atoms with Crippen LogP contribution >= 0.6 is 0 Å². The van der Waals surface area contributed by atoms with Crippen LogP contribution in [0.15, 0.2) is 12.3 Å². The topological polar surface area (TPSA) is 47.5 Å². The van der Waals surface area contributed by atoms with Gasteiger partial charge in [0.05, 0.1) is 6.57 Å². The molecule has 0 aromatic carbocycles. The van der Waals surface area contributed by atoms with E-state index >= 15 is 0 Å². The lowest BCUT2D eigenvalue weighted by Crippen LogP contribution is -2.04. The SMILES string of the molecule is [C-]#[N+]C=CC(N)=O. The van der Waals surface area contributed by atoms with Crippen molar-refractivity contribution in [2.75, 3.05) is 0 Å². The summed E-state index contributed by atoms with van der Waals surface area (Å²) in [6, 6.07) is 0. The zero-order valence-corrected chi connectivity index (χ0v) is 3.59. The fourth-order valence-electron chi connectivity index (χ4n) is 0.111. The molecule has 2 N–H and O–H groups in total. The van der Waals surface area contributed by atoms with Crippen LogP contribution in [-0.4, -0.2) is 5.91 Å². The zero-order valence-electron chi connectivity index (χ0n) is 3.59. The minimum Gasteiger partial charge on any atom is -0.367 e. The van der Waals surface area contributed by atoms with Gasteiger partial charge in [-0.1, -0.05) is 0 Å². The first-order valence-electron chi connectivity index (χ1n) is 1.60. The smallest absolute Gasteiger partial charge is 0.230 e. The Balaban J connectivity index is 3.53. The first-order valence-corrected chi connectivity index (χ1v) is 1.60. The van der Waals surface area contributed by atoms with Crippen LogP contribution in [0.4, 0.5) is 0 Å². The fraction of sp³-hybridized carbons (Fsp3) is 0. The Morgan fingerprint density at radius 1 is 1.86 bits per heavy atom. The largest absolute Gasteiger partial charge is 0.367 e. The Hall–Kier alpha value is -1.30. The van der Waals surface area contributed by atoms with Crippen molar-refractivity contribution in [1.82, 2.24) is 0 Å². The second-order valence-corrected chi connectivity index (χ2v) is 0.847. The van der Waals surface area contributed by atoms with Crippen LogP contribution in [0.3, 0.4) is 0 Å². The van der Waals surface area contributed by atoms with Crippen LogP contribution in [0, 0.1) is 6.57 Å². The highest BCUT2D eigenvalue weighted by Crippen LogP contribution is 1.68. The molecule has 0 fully saturated rings. The minimum absolute atomic E-state index is 0.587. The molecule has 36 valence electrons. The molecule has 0 saturated carbocycles. The van der Waals surface area contributed by atoms with Crippen LogP contribution in [0.25, 0.3) is 4.85 Å². The molecule has 0 saturated heterocycles. The van der Waals surface area contributed by atoms with Gasteiger partial charge in [0, 0.05) is 6.08 Å². The van der Waals surface area contributed by atoms with Crippen LogP contribution < -0.4 is 5.73 Å². The highest BCUT2D eigenvalue weighted by Gasteiger charge is 1.75. The quantitative estimate of drug-likeness (QED) is 0.359. The van der Waals surface area contributed by atoms with Crippen LogP contribution in [-0.2, 0) is 4.79 Å². The van der Waals surface area contributed by atoms with Crippen molar-refractivity contribution in [2.24, 2.45) is 5.73 Å². The number of carbonyl (C=O) groups is 1. The van der Waals surface area contributed by atoms with E-state index in [-0.39, 0.29) is 0 Å². The third kappa shape index (κ3) is 4.70. The molecule has 3 heteroatoms. The van der Waals surface area contributed by atoms with Crippen molar-refractivity contribution in [2.45, 2.75) is 0 Å². The maximum absolute atomic E-state index is 9.75. The molecule has 0 aliphatic rings. The number of rotatable bonds is 1. The third-order valence-electron chi connectivity index (χ3n) is 0.313. The van der Waals surface area contributed by atoms with Gasteiger partial charge in [0.2, 0.25) is 5.91 Å². The molecule has 0 aromatic rings. The van der Waals surface area contributed by atoms with Gasteiger partial charge in [-0.15, -0.1) is 0 Å². The van der Waals surface area contributed by atoms with Crippen molar-refractivity contribution in [3.8, 4) is 0 Å². The molecule has 1 amide bonds. The molecule has 0 radical (unpaired) electrons. The van der Waals surface area contributed by atoms with E-state index in [1.54, 1.807) is 0 Å². The van der Waals surface area contributed by atoms with Gasteiger partial charge >= 0.3 is 0 Å². The van der Waals surface area contributed by atoms with E-state index in [1.807, 2.05) is 0 Å². The summed E-state index contributed by atoms with van der Waals surface area (Å²) in [5, 5.41) is 0. The molecule has 0 spiro atoms. The van der Waals surface area contributed by atoms with Crippen molar-refractivity contribution in [3.05, 3.63) is 23.7 Å². The predicted molar refractivity (Wildman–Crippen MR) is 24.9 cm³/mol. The molecular formula is C4H4N2O. The fourth-order valence-corrected chi connectivity index (χ4v) is 0.111. The van der Waals surface area contributed by atoms with Gasteiger partial charge in [0.25, 0.3) is 0 Å². The second kappa shape index (κ2) is 2.91. The van der Waals surface area contributed by atoms with Gasteiger partial charge in [-0.2, -0.15) is 0 Å². The Labute approximate surface area is 41.2 Å². The number of hydrogen-bond acceptors (Lipinski definition) is 1. The van der Waals surface area contributed by atoms with Crippen LogP contribution in [0.2, 0.25) is 0 Å². The maximum atomic E-state index is 9.75. The summed E-state index contributed by atoms with van der Waals surface area (Å²) in [7, 11) is 0. The third-order valence-corrected chi connectivity index (χ3v) is 0.313. The molecule has 3 nitrogen and oxygen atoms in total. The van der Waals surface area contributed by atoms with Gasteiger partial charge in [0.1, 0.15) is 0 Å². The van der Waals surface area contributed by atoms with Crippen LogP contribution in [0.1, 0.15) is 0 Å². The van der Waals surface area contributed by atoms with E-state index in [2.05, 4.69) is 10.6 Å². The van der Waals surface area contributed by atoms with E-state index in [9.17, 15) is 4.79 Å². The summed E-state index contributed by atoms with van der Waals surface area (Å²) < 4.78 is 0. The van der Waals surface area contributed by atoms with Gasteiger partial charge in [-0.25, -0.2) is 4.85 Å². The van der Waals surface area contributed by atoms with Gasteiger partial charge < -0.3 is 5.73 Å². The minimum atomic E-state index is -0.587. The first kappa shape index (κ1) is 5.70. The molecule has 0 unspecified atom stereocenters. The average Bonchev–Trinajstić information content (AvgIpc) is 1.61. The molecule has 0 aliphatic heterocycles. The summed E-state index contributed by atoms with van der Waals surface area (Å²) >= 11 is 0. The number of carbonyl (C=O) groups excluding carboxylic acids is 1. The highest BCUT2D eigenvalue weighted by molar-refractivity contribution is 5.85. The molecule has 0 aromatic heterocycles. The van der Waals surface area contributed by atoms with Crippen molar-refractivity contribution < 1.29 is 4.79 Å². The van der Waals surface area contributed by atoms with Crippen LogP contribution in [0.5, 0.6) is 0 Å². The zero-order chi connectivity index (χ0) is 5.70. The summed E-state index contributed by atoms with van der Waals surface area (Å²) in [5.41, 5.74) is 4.61. The van der Waals surface area contributed by atoms with Gasteiger partial charge in [-0.05, 0) is 0 Å². The van der Waals surface area contributed by atoms with Crippen molar-refractivity contribution in [3.63, 3.8) is 0 Å². The van der Waals surface area contributed by atoms with Crippen molar-refractivity contribution >= 4 is 5.91 Å². The molecule has 0 atom stereocenters. The second-order valence-electron chi connectivity index (χ2n) is 0.847. The monoisotopic (exact) mass is 96.0 g/mol. The molecular weight excluding hydrogens is 92.1 g/mol. The number of nitrogens with two attached hydrogens (primary N) is 1. The highest BCUT2D eigenvalue weighted by atomic mass is 16.1. The number of primary amides is 1. The summed E-state index contributed by atoms with van der Waals surface area (Å²) in [4.78, 5) is 12.5. The molecule has 7 heavy (non-hydrogen) atoms. The van der Waals surface area contributed by atoms with E-state index in [0.29, 0.717) is 0 Å². The van der Waals surface area contributed by atoms with E-state index < -0.39 is 5.91 Å². The number of hydrogen-bond donors (Lipinski definition) is 1. The summed E-state index contributed by atoms with van der Waals surface area (Å²) in [6.07, 6.45) is 2.02. The Bertz CT molecular complexity index is 131. The summed E-state index contributed by atoms with van der Waals surface area (Å²) in [6.45, 7) is 6.13. The van der Waals surface area contributed by atoms with E-state index in [1.165, 1.54) is 0 Å². The summed E-state index contributed by atoms with van der Waals surface area (Å²) in [5.74, 6) is -0.587. The predicted octanol–water partition coefficient (Wildman–Crippen LogP) is -0.0953. The normalized spacial score (nSPS) is 8.43.